The lowest BCUT2D eigenvalue weighted by molar-refractivity contribution is -0.384. The second-order valence-corrected chi connectivity index (χ2v) is 5.52. The minimum absolute atomic E-state index is 0.0738. The van der Waals surface area contributed by atoms with Crippen molar-refractivity contribution in [1.29, 1.82) is 0 Å². The largest absolute Gasteiger partial charge is 0.343 e. The molecule has 0 fully saturated rings. The molecule has 0 unspecified atom stereocenters. The van der Waals surface area contributed by atoms with Crippen molar-refractivity contribution in [2.24, 2.45) is 0 Å². The van der Waals surface area contributed by atoms with Crippen molar-refractivity contribution >= 4 is 39.8 Å². The number of halogens is 2. The van der Waals surface area contributed by atoms with Gasteiger partial charge in [0.1, 0.15) is 0 Å². The van der Waals surface area contributed by atoms with E-state index in [-0.39, 0.29) is 5.69 Å². The predicted molar refractivity (Wildman–Crippen MR) is 84.2 cm³/mol. The van der Waals surface area contributed by atoms with Crippen molar-refractivity contribution in [2.75, 3.05) is 0 Å². The van der Waals surface area contributed by atoms with Gasteiger partial charge in [-0.2, -0.15) is 0 Å². The first kappa shape index (κ1) is 13.9. The molecular weight excluding hydrogens is 311 g/mol. The summed E-state index contributed by atoms with van der Waals surface area (Å²) in [5.41, 5.74) is 1.78. The quantitative estimate of drug-likeness (QED) is 0.508. The molecule has 1 aromatic heterocycles. The number of hydrogen-bond donors (Lipinski definition) is 0. The molecule has 0 saturated carbocycles. The molecule has 21 heavy (non-hydrogen) atoms. The smallest absolute Gasteiger partial charge is 0.271 e. The summed E-state index contributed by atoms with van der Waals surface area (Å²) >= 11 is 12.1. The molecule has 0 aliphatic rings. The number of nitro groups is 1. The van der Waals surface area contributed by atoms with Crippen LogP contribution in [0.5, 0.6) is 0 Å². The molecule has 6 heteroatoms. The van der Waals surface area contributed by atoms with Gasteiger partial charge in [0.2, 0.25) is 0 Å². The van der Waals surface area contributed by atoms with Crippen molar-refractivity contribution in [3.05, 3.63) is 74.4 Å². The molecule has 3 aromatic rings. The highest BCUT2D eigenvalue weighted by Crippen LogP contribution is 2.26. The van der Waals surface area contributed by atoms with Gasteiger partial charge in [0.15, 0.2) is 0 Å². The van der Waals surface area contributed by atoms with E-state index in [0.29, 0.717) is 16.6 Å². The topological polar surface area (TPSA) is 48.1 Å². The van der Waals surface area contributed by atoms with Gasteiger partial charge in [-0.15, -0.1) is 0 Å². The monoisotopic (exact) mass is 320 g/mol. The zero-order valence-corrected chi connectivity index (χ0v) is 12.3. The van der Waals surface area contributed by atoms with Crippen LogP contribution >= 0.6 is 23.2 Å². The van der Waals surface area contributed by atoms with E-state index in [1.54, 1.807) is 24.3 Å². The van der Waals surface area contributed by atoms with Crippen LogP contribution in [-0.4, -0.2) is 9.49 Å². The number of nitro benzene ring substituents is 1. The highest BCUT2D eigenvalue weighted by Gasteiger charge is 2.10. The first-order valence-electron chi connectivity index (χ1n) is 6.22. The van der Waals surface area contributed by atoms with Crippen LogP contribution in [0.2, 0.25) is 10.0 Å². The number of hydrogen-bond acceptors (Lipinski definition) is 2. The number of non-ortho nitro benzene ring substituents is 1. The number of aromatic nitrogens is 1. The number of rotatable bonds is 3. The van der Waals surface area contributed by atoms with E-state index in [1.807, 2.05) is 22.9 Å². The average molecular weight is 321 g/mol. The Labute approximate surface area is 130 Å². The van der Waals surface area contributed by atoms with Gasteiger partial charge in [0.25, 0.3) is 5.69 Å². The molecule has 4 nitrogen and oxygen atoms in total. The Morgan fingerprint density at radius 2 is 1.90 bits per heavy atom. The molecule has 0 saturated heterocycles. The zero-order chi connectivity index (χ0) is 15.0. The van der Waals surface area contributed by atoms with E-state index in [2.05, 4.69) is 0 Å². The molecule has 3 rings (SSSR count). The van der Waals surface area contributed by atoms with Crippen molar-refractivity contribution in [2.45, 2.75) is 6.54 Å². The molecule has 0 bridgehead atoms. The SMILES string of the molecule is O=[N+]([O-])c1ccc2ccn(Cc3ccc(Cl)cc3Cl)c2c1. The van der Waals surface area contributed by atoms with E-state index < -0.39 is 4.92 Å². The Hall–Kier alpha value is -2.04. The summed E-state index contributed by atoms with van der Waals surface area (Å²) in [7, 11) is 0. The van der Waals surface area contributed by atoms with Crippen molar-refractivity contribution in [3.8, 4) is 0 Å². The van der Waals surface area contributed by atoms with Crippen LogP contribution in [0.1, 0.15) is 5.56 Å². The Balaban J connectivity index is 2.04. The maximum absolute atomic E-state index is 10.9. The first-order valence-corrected chi connectivity index (χ1v) is 6.97. The van der Waals surface area contributed by atoms with Gasteiger partial charge >= 0.3 is 0 Å². The molecule has 0 aliphatic heterocycles. The highest BCUT2D eigenvalue weighted by atomic mass is 35.5. The average Bonchev–Trinajstić information content (AvgIpc) is 2.84. The fourth-order valence-electron chi connectivity index (χ4n) is 2.26. The minimum Gasteiger partial charge on any atom is -0.343 e. The number of nitrogens with zero attached hydrogens (tertiary/aromatic N) is 2. The van der Waals surface area contributed by atoms with Crippen LogP contribution in [0.15, 0.2) is 48.7 Å². The number of fused-ring (bicyclic) bond motifs is 1. The summed E-state index contributed by atoms with van der Waals surface area (Å²) in [5.74, 6) is 0. The van der Waals surface area contributed by atoms with Gasteiger partial charge in [-0.05, 0) is 29.8 Å². The third kappa shape index (κ3) is 2.73. The van der Waals surface area contributed by atoms with E-state index in [0.717, 1.165) is 16.5 Å². The first-order chi connectivity index (χ1) is 10.0. The lowest BCUT2D eigenvalue weighted by Crippen LogP contribution is -1.99. The van der Waals surface area contributed by atoms with Crippen LogP contribution in [0, 0.1) is 10.1 Å². The fourth-order valence-corrected chi connectivity index (χ4v) is 2.73. The fraction of sp³-hybridized carbons (Fsp3) is 0.0667. The van der Waals surface area contributed by atoms with Crippen molar-refractivity contribution < 1.29 is 4.92 Å². The molecule has 0 spiro atoms. The van der Waals surface area contributed by atoms with Crippen LogP contribution in [0.25, 0.3) is 10.9 Å². The lowest BCUT2D eigenvalue weighted by Gasteiger charge is -2.08. The standard InChI is InChI=1S/C15H10Cl2N2O2/c16-12-3-1-11(14(17)7-12)9-18-6-5-10-2-4-13(19(20)21)8-15(10)18/h1-8H,9H2. The molecular formula is C15H10Cl2N2O2. The molecule has 1 heterocycles. The van der Waals surface area contributed by atoms with E-state index >= 15 is 0 Å². The summed E-state index contributed by atoms with van der Waals surface area (Å²) in [6.07, 6.45) is 1.89. The van der Waals surface area contributed by atoms with E-state index in [4.69, 9.17) is 23.2 Å². The summed E-state index contributed by atoms with van der Waals surface area (Å²) in [5, 5.41) is 13.0. The Morgan fingerprint density at radius 3 is 2.62 bits per heavy atom. The van der Waals surface area contributed by atoms with Crippen LogP contribution in [-0.2, 0) is 6.54 Å². The van der Waals surface area contributed by atoms with Crippen LogP contribution < -0.4 is 0 Å². The molecule has 2 aromatic carbocycles. The molecule has 0 amide bonds. The summed E-state index contributed by atoms with van der Waals surface area (Å²) in [4.78, 5) is 10.5. The van der Waals surface area contributed by atoms with Gasteiger partial charge in [-0.1, -0.05) is 29.3 Å². The third-order valence-corrected chi connectivity index (χ3v) is 3.91. The molecule has 0 atom stereocenters. The molecule has 0 N–H and O–H groups in total. The Bertz CT molecular complexity index is 843. The summed E-state index contributed by atoms with van der Waals surface area (Å²) in [6, 6.07) is 12.1. The van der Waals surface area contributed by atoms with E-state index in [9.17, 15) is 10.1 Å². The summed E-state index contributed by atoms with van der Waals surface area (Å²) < 4.78 is 1.93. The van der Waals surface area contributed by atoms with Gasteiger partial charge in [0.05, 0.1) is 10.4 Å². The maximum Gasteiger partial charge on any atom is 0.271 e. The minimum atomic E-state index is -0.397. The third-order valence-electron chi connectivity index (χ3n) is 3.32. The number of benzene rings is 2. The van der Waals surface area contributed by atoms with Crippen molar-refractivity contribution in [1.82, 2.24) is 4.57 Å². The van der Waals surface area contributed by atoms with Crippen LogP contribution in [0.3, 0.4) is 0 Å². The second kappa shape index (κ2) is 5.39. The molecule has 0 aliphatic carbocycles. The normalized spacial score (nSPS) is 11.0. The molecule has 106 valence electrons. The van der Waals surface area contributed by atoms with Gasteiger partial charge in [-0.3, -0.25) is 10.1 Å². The van der Waals surface area contributed by atoms with Gasteiger partial charge in [-0.25, -0.2) is 0 Å². The summed E-state index contributed by atoms with van der Waals surface area (Å²) in [6.45, 7) is 0.528. The zero-order valence-electron chi connectivity index (χ0n) is 10.8. The Kier molecular flexibility index (Phi) is 3.57. The highest BCUT2D eigenvalue weighted by molar-refractivity contribution is 6.35. The van der Waals surface area contributed by atoms with Crippen LogP contribution in [0.4, 0.5) is 5.69 Å². The lowest BCUT2D eigenvalue weighted by atomic mass is 10.2. The van der Waals surface area contributed by atoms with E-state index in [1.165, 1.54) is 6.07 Å². The van der Waals surface area contributed by atoms with Gasteiger partial charge in [0, 0.05) is 40.3 Å². The van der Waals surface area contributed by atoms with Gasteiger partial charge < -0.3 is 4.57 Å². The Morgan fingerprint density at radius 1 is 1.10 bits per heavy atom. The second-order valence-electron chi connectivity index (χ2n) is 4.68. The maximum atomic E-state index is 10.9. The van der Waals surface area contributed by atoms with Crippen molar-refractivity contribution in [3.63, 3.8) is 0 Å². The predicted octanol–water partition coefficient (Wildman–Crippen LogP) is 4.90. The molecule has 0 radical (unpaired) electrons.